The second kappa shape index (κ2) is 5.74. The number of benzene rings is 1. The van der Waals surface area contributed by atoms with Gasteiger partial charge in [-0.2, -0.15) is 0 Å². The van der Waals surface area contributed by atoms with E-state index in [1.807, 2.05) is 18.2 Å². The quantitative estimate of drug-likeness (QED) is 0.870. The monoisotopic (exact) mass is 352 g/mol. The molecule has 20 heavy (non-hydrogen) atoms. The van der Waals surface area contributed by atoms with Crippen LogP contribution in [-0.4, -0.2) is 12.5 Å². The largest absolute Gasteiger partial charge is 0.397 e. The van der Waals surface area contributed by atoms with Gasteiger partial charge in [0.1, 0.15) is 4.88 Å². The summed E-state index contributed by atoms with van der Waals surface area (Å²) in [5.74, 6) is 0.601. The van der Waals surface area contributed by atoms with Crippen LogP contribution >= 0.6 is 27.3 Å². The Morgan fingerprint density at radius 2 is 2.15 bits per heavy atom. The smallest absolute Gasteiger partial charge is 0.263 e. The molecule has 3 nitrogen and oxygen atoms in total. The molecule has 1 heterocycles. The number of carbonyl (C=O) groups excluding carboxylic acids is 1. The summed E-state index contributed by atoms with van der Waals surface area (Å²) in [6.07, 6.45) is 5.04. The van der Waals surface area contributed by atoms with Crippen LogP contribution in [-0.2, 0) is 0 Å². The van der Waals surface area contributed by atoms with Crippen molar-refractivity contribution in [1.82, 2.24) is 5.32 Å². The number of anilines is 1. The summed E-state index contributed by atoms with van der Waals surface area (Å²) in [5.41, 5.74) is 6.73. The second-order valence-electron chi connectivity index (χ2n) is 5.32. The number of nitrogens with one attached hydrogen (secondary N) is 1. The third-order valence-corrected chi connectivity index (χ3v) is 5.76. The van der Waals surface area contributed by atoms with Crippen LogP contribution in [0.15, 0.2) is 22.7 Å². The average Bonchev–Trinajstić information content (AvgIpc) is 3.05. The molecule has 106 valence electrons. The van der Waals surface area contributed by atoms with Crippen LogP contribution in [0.4, 0.5) is 5.69 Å². The highest BCUT2D eigenvalue weighted by Gasteiger charge is 2.20. The normalized spacial score (nSPS) is 15.8. The van der Waals surface area contributed by atoms with Crippen LogP contribution in [0.5, 0.6) is 0 Å². The number of hydrogen-bond donors (Lipinski definition) is 2. The molecule has 1 fully saturated rings. The number of hydrogen-bond acceptors (Lipinski definition) is 3. The second-order valence-corrected chi connectivity index (χ2v) is 7.22. The zero-order chi connectivity index (χ0) is 14.1. The molecule has 3 rings (SSSR count). The van der Waals surface area contributed by atoms with E-state index in [0.717, 1.165) is 21.1 Å². The molecule has 0 saturated heterocycles. The van der Waals surface area contributed by atoms with E-state index in [0.29, 0.717) is 16.5 Å². The molecule has 1 aromatic carbocycles. The fourth-order valence-corrected chi connectivity index (χ4v) is 4.61. The number of thiophene rings is 1. The number of halogens is 1. The van der Waals surface area contributed by atoms with Crippen molar-refractivity contribution in [3.8, 4) is 0 Å². The highest BCUT2D eigenvalue weighted by molar-refractivity contribution is 9.10. The Balaban J connectivity index is 1.80. The molecule has 1 amide bonds. The minimum atomic E-state index is -0.0394. The average molecular weight is 353 g/mol. The van der Waals surface area contributed by atoms with Crippen molar-refractivity contribution in [2.45, 2.75) is 25.7 Å². The van der Waals surface area contributed by atoms with Gasteiger partial charge in [-0.25, -0.2) is 0 Å². The molecule has 0 aliphatic heterocycles. The molecule has 1 saturated carbocycles. The lowest BCUT2D eigenvalue weighted by Gasteiger charge is -2.10. The van der Waals surface area contributed by atoms with Gasteiger partial charge in [-0.15, -0.1) is 11.3 Å². The lowest BCUT2D eigenvalue weighted by molar-refractivity contribution is 0.0952. The third kappa shape index (κ3) is 2.56. The van der Waals surface area contributed by atoms with Crippen LogP contribution in [0.25, 0.3) is 10.1 Å². The Hall–Kier alpha value is -1.07. The van der Waals surface area contributed by atoms with Gasteiger partial charge >= 0.3 is 0 Å². The van der Waals surface area contributed by atoms with Crippen molar-refractivity contribution in [2.75, 3.05) is 12.3 Å². The minimum absolute atomic E-state index is 0.0394. The predicted octanol–water partition coefficient (Wildman–Crippen LogP) is 4.17. The molecular formula is C15H17BrN2OS. The first-order valence-electron chi connectivity index (χ1n) is 6.91. The van der Waals surface area contributed by atoms with E-state index in [1.54, 1.807) is 0 Å². The number of fused-ring (bicyclic) bond motifs is 1. The van der Waals surface area contributed by atoms with Crippen LogP contribution < -0.4 is 11.1 Å². The lowest BCUT2D eigenvalue weighted by atomic mass is 10.1. The SMILES string of the molecule is Nc1c(C(=O)NCC2CCCC2)sc2cccc(Br)c12. The Bertz CT molecular complexity index is 647. The summed E-state index contributed by atoms with van der Waals surface area (Å²) in [4.78, 5) is 12.9. The summed E-state index contributed by atoms with van der Waals surface area (Å²) in [7, 11) is 0. The molecule has 0 atom stereocenters. The Morgan fingerprint density at radius 1 is 1.40 bits per heavy atom. The highest BCUT2D eigenvalue weighted by Crippen LogP contribution is 2.38. The highest BCUT2D eigenvalue weighted by atomic mass is 79.9. The number of amides is 1. The summed E-state index contributed by atoms with van der Waals surface area (Å²) < 4.78 is 1.99. The Labute approximate surface area is 130 Å². The number of nitrogen functional groups attached to an aromatic ring is 1. The topological polar surface area (TPSA) is 55.1 Å². The maximum absolute atomic E-state index is 12.3. The molecule has 0 radical (unpaired) electrons. The van der Waals surface area contributed by atoms with E-state index in [-0.39, 0.29) is 5.91 Å². The molecule has 1 aliphatic carbocycles. The van der Waals surface area contributed by atoms with E-state index >= 15 is 0 Å². The van der Waals surface area contributed by atoms with Crippen LogP contribution in [0.2, 0.25) is 0 Å². The van der Waals surface area contributed by atoms with Gasteiger partial charge < -0.3 is 11.1 Å². The first-order valence-corrected chi connectivity index (χ1v) is 8.52. The van der Waals surface area contributed by atoms with Crippen molar-refractivity contribution >= 4 is 48.9 Å². The van der Waals surface area contributed by atoms with Gasteiger partial charge in [-0.1, -0.05) is 34.8 Å². The summed E-state index contributed by atoms with van der Waals surface area (Å²) >= 11 is 4.96. The van der Waals surface area contributed by atoms with Crippen LogP contribution in [0, 0.1) is 5.92 Å². The van der Waals surface area contributed by atoms with Crippen molar-refractivity contribution in [1.29, 1.82) is 0 Å². The molecule has 5 heteroatoms. The number of carbonyl (C=O) groups is 1. The molecule has 0 bridgehead atoms. The first kappa shape index (κ1) is 13.9. The van der Waals surface area contributed by atoms with Gasteiger partial charge in [0.2, 0.25) is 0 Å². The fourth-order valence-electron chi connectivity index (χ4n) is 2.83. The Kier molecular flexibility index (Phi) is 3.98. The molecule has 0 unspecified atom stereocenters. The predicted molar refractivity (Wildman–Crippen MR) is 88.2 cm³/mol. The molecule has 0 spiro atoms. The van der Waals surface area contributed by atoms with Crippen molar-refractivity contribution in [3.05, 3.63) is 27.5 Å². The van der Waals surface area contributed by atoms with Gasteiger partial charge in [-0.05, 0) is 30.9 Å². The van der Waals surface area contributed by atoms with Gasteiger partial charge in [-0.3, -0.25) is 4.79 Å². The zero-order valence-corrected chi connectivity index (χ0v) is 13.5. The first-order chi connectivity index (χ1) is 9.66. The molecule has 3 N–H and O–H groups in total. The Morgan fingerprint density at radius 3 is 2.85 bits per heavy atom. The minimum Gasteiger partial charge on any atom is -0.397 e. The van der Waals surface area contributed by atoms with Crippen molar-refractivity contribution in [2.24, 2.45) is 5.92 Å². The number of nitrogens with two attached hydrogens (primary N) is 1. The summed E-state index contributed by atoms with van der Waals surface area (Å²) in [6, 6.07) is 5.91. The van der Waals surface area contributed by atoms with E-state index in [2.05, 4.69) is 21.2 Å². The molecule has 2 aromatic rings. The van der Waals surface area contributed by atoms with Gasteiger partial charge in [0.05, 0.1) is 5.69 Å². The van der Waals surface area contributed by atoms with Crippen molar-refractivity contribution in [3.63, 3.8) is 0 Å². The van der Waals surface area contributed by atoms with Crippen LogP contribution in [0.1, 0.15) is 35.4 Å². The molecular weight excluding hydrogens is 336 g/mol. The van der Waals surface area contributed by atoms with Crippen molar-refractivity contribution < 1.29 is 4.79 Å². The lowest BCUT2D eigenvalue weighted by Crippen LogP contribution is -2.28. The van der Waals surface area contributed by atoms with E-state index < -0.39 is 0 Å². The van der Waals surface area contributed by atoms with E-state index in [4.69, 9.17) is 5.73 Å². The van der Waals surface area contributed by atoms with Crippen LogP contribution in [0.3, 0.4) is 0 Å². The van der Waals surface area contributed by atoms with Gasteiger partial charge in [0.25, 0.3) is 5.91 Å². The standard InChI is InChI=1S/C15H17BrN2OS/c16-10-6-3-7-11-12(10)13(17)14(20-11)15(19)18-8-9-4-1-2-5-9/h3,6-7,9H,1-2,4-5,8,17H2,(H,18,19). The van der Waals surface area contributed by atoms with E-state index in [9.17, 15) is 4.79 Å². The molecule has 1 aromatic heterocycles. The summed E-state index contributed by atoms with van der Waals surface area (Å²) in [6.45, 7) is 0.772. The number of rotatable bonds is 3. The zero-order valence-electron chi connectivity index (χ0n) is 11.1. The maximum Gasteiger partial charge on any atom is 0.263 e. The van der Waals surface area contributed by atoms with Gasteiger partial charge in [0.15, 0.2) is 0 Å². The third-order valence-electron chi connectivity index (χ3n) is 3.93. The van der Waals surface area contributed by atoms with E-state index in [1.165, 1.54) is 37.0 Å². The molecule has 1 aliphatic rings. The fraction of sp³-hybridized carbons (Fsp3) is 0.400. The summed E-state index contributed by atoms with van der Waals surface area (Å²) in [5, 5.41) is 3.99. The van der Waals surface area contributed by atoms with Gasteiger partial charge in [0, 0.05) is 21.1 Å². The maximum atomic E-state index is 12.3.